The van der Waals surface area contributed by atoms with Gasteiger partial charge in [0.05, 0.1) is 11.5 Å². The van der Waals surface area contributed by atoms with Gasteiger partial charge in [-0.15, -0.1) is 11.3 Å². The van der Waals surface area contributed by atoms with Crippen LogP contribution in [0.2, 0.25) is 0 Å². The Labute approximate surface area is 132 Å². The molecule has 0 N–H and O–H groups in total. The molecule has 0 aromatic carbocycles. The lowest BCUT2D eigenvalue weighted by Crippen LogP contribution is -2.30. The third kappa shape index (κ3) is 3.16. The van der Waals surface area contributed by atoms with E-state index in [9.17, 15) is 14.9 Å². The zero-order chi connectivity index (χ0) is 16.4. The van der Waals surface area contributed by atoms with Gasteiger partial charge in [0.15, 0.2) is 0 Å². The van der Waals surface area contributed by atoms with Gasteiger partial charge >= 0.3 is 5.69 Å². The Morgan fingerprint density at radius 2 is 2.14 bits per heavy atom. The van der Waals surface area contributed by atoms with Crippen LogP contribution in [0.1, 0.15) is 21.8 Å². The van der Waals surface area contributed by atoms with E-state index in [0.717, 1.165) is 10.4 Å². The van der Waals surface area contributed by atoms with Gasteiger partial charge in [-0.3, -0.25) is 19.6 Å². The van der Waals surface area contributed by atoms with Crippen molar-refractivity contribution in [3.63, 3.8) is 0 Å². The number of nitrogens with zero attached hydrogens (tertiary/aromatic N) is 4. The Morgan fingerprint density at radius 3 is 2.64 bits per heavy atom. The lowest BCUT2D eigenvalue weighted by molar-refractivity contribution is -0.386. The number of carbonyl (C=O) groups excluding carboxylic acids is 1. The molecule has 118 valence electrons. The number of rotatable bonds is 5. The van der Waals surface area contributed by atoms with Crippen molar-refractivity contribution >= 4 is 22.9 Å². The molecule has 0 bridgehead atoms. The van der Waals surface area contributed by atoms with E-state index >= 15 is 0 Å². The number of carbonyl (C=O) groups is 1. The van der Waals surface area contributed by atoms with Gasteiger partial charge < -0.3 is 4.90 Å². The van der Waals surface area contributed by atoms with E-state index < -0.39 is 4.92 Å². The van der Waals surface area contributed by atoms with Crippen LogP contribution in [-0.2, 0) is 17.9 Å². The first-order chi connectivity index (χ1) is 10.3. The predicted molar refractivity (Wildman–Crippen MR) is 83.9 cm³/mol. The molecular weight excluding hydrogens is 304 g/mol. The minimum Gasteiger partial charge on any atom is -0.339 e. The van der Waals surface area contributed by atoms with Crippen LogP contribution in [0.3, 0.4) is 0 Å². The van der Waals surface area contributed by atoms with Crippen molar-refractivity contribution in [2.75, 3.05) is 7.05 Å². The molecule has 8 heteroatoms. The Hall–Kier alpha value is -2.22. The SMILES string of the molecule is Cc1ccsc1CN(C)C(=O)Cn1nc(C)c([N+](=O)[O-])c1C. The van der Waals surface area contributed by atoms with E-state index in [1.165, 1.54) is 4.68 Å². The van der Waals surface area contributed by atoms with Crippen LogP contribution in [0.5, 0.6) is 0 Å². The minimum absolute atomic E-state index is 0.00142. The molecule has 22 heavy (non-hydrogen) atoms. The first kappa shape index (κ1) is 16.2. The van der Waals surface area contributed by atoms with E-state index in [0.29, 0.717) is 17.9 Å². The Bertz CT molecular complexity index is 720. The summed E-state index contributed by atoms with van der Waals surface area (Å²) in [4.78, 5) is 25.6. The fraction of sp³-hybridized carbons (Fsp3) is 0.429. The smallest absolute Gasteiger partial charge is 0.312 e. The average molecular weight is 322 g/mol. The topological polar surface area (TPSA) is 81.3 Å². The van der Waals surface area contributed by atoms with E-state index in [2.05, 4.69) is 5.10 Å². The van der Waals surface area contributed by atoms with Crippen molar-refractivity contribution < 1.29 is 9.72 Å². The average Bonchev–Trinajstić information content (AvgIpc) is 2.94. The van der Waals surface area contributed by atoms with Crippen LogP contribution in [0.15, 0.2) is 11.4 Å². The van der Waals surface area contributed by atoms with Crippen molar-refractivity contribution in [2.24, 2.45) is 0 Å². The number of hydrogen-bond donors (Lipinski definition) is 0. The van der Waals surface area contributed by atoms with E-state index in [4.69, 9.17) is 0 Å². The maximum atomic E-state index is 12.3. The highest BCUT2D eigenvalue weighted by Gasteiger charge is 2.23. The lowest BCUT2D eigenvalue weighted by Gasteiger charge is -2.17. The minimum atomic E-state index is -0.461. The number of hydrogen-bond acceptors (Lipinski definition) is 5. The summed E-state index contributed by atoms with van der Waals surface area (Å²) >= 11 is 1.61. The Morgan fingerprint density at radius 1 is 1.45 bits per heavy atom. The molecule has 2 aromatic heterocycles. The van der Waals surface area contributed by atoms with Crippen LogP contribution >= 0.6 is 11.3 Å². The zero-order valence-corrected chi connectivity index (χ0v) is 13.8. The van der Waals surface area contributed by atoms with Gasteiger partial charge in [0, 0.05) is 11.9 Å². The number of thiophene rings is 1. The molecule has 7 nitrogen and oxygen atoms in total. The van der Waals surface area contributed by atoms with E-state index in [1.54, 1.807) is 37.1 Å². The van der Waals surface area contributed by atoms with Crippen molar-refractivity contribution in [1.29, 1.82) is 0 Å². The molecule has 0 radical (unpaired) electrons. The predicted octanol–water partition coefficient (Wildman–Crippen LogP) is 2.44. The van der Waals surface area contributed by atoms with Crippen molar-refractivity contribution in [3.05, 3.63) is 43.4 Å². The molecule has 1 amide bonds. The third-order valence-corrected chi connectivity index (χ3v) is 4.59. The fourth-order valence-corrected chi connectivity index (χ4v) is 3.18. The molecule has 0 atom stereocenters. The normalized spacial score (nSPS) is 10.7. The van der Waals surface area contributed by atoms with Crippen LogP contribution in [0.25, 0.3) is 0 Å². The first-order valence-electron chi connectivity index (χ1n) is 6.76. The summed E-state index contributed by atoms with van der Waals surface area (Å²) in [7, 11) is 1.72. The van der Waals surface area contributed by atoms with Crippen LogP contribution < -0.4 is 0 Å². The molecule has 2 aromatic rings. The number of aryl methyl sites for hydroxylation is 2. The van der Waals surface area contributed by atoms with Crippen LogP contribution in [0.4, 0.5) is 5.69 Å². The van der Waals surface area contributed by atoms with Crippen molar-refractivity contribution in [1.82, 2.24) is 14.7 Å². The zero-order valence-electron chi connectivity index (χ0n) is 13.0. The summed E-state index contributed by atoms with van der Waals surface area (Å²) in [6, 6.07) is 2.02. The van der Waals surface area contributed by atoms with Crippen LogP contribution in [0, 0.1) is 30.9 Å². The Balaban J connectivity index is 2.10. The van der Waals surface area contributed by atoms with Gasteiger partial charge in [-0.1, -0.05) is 0 Å². The van der Waals surface area contributed by atoms with Gasteiger partial charge in [-0.2, -0.15) is 5.10 Å². The molecular formula is C14H18N4O3S. The molecule has 2 rings (SSSR count). The van der Waals surface area contributed by atoms with E-state index in [1.807, 2.05) is 18.4 Å². The number of likely N-dealkylation sites (N-methyl/N-ethyl adjacent to an activating group) is 1. The van der Waals surface area contributed by atoms with E-state index in [-0.39, 0.29) is 18.1 Å². The highest BCUT2D eigenvalue weighted by atomic mass is 32.1. The maximum absolute atomic E-state index is 12.3. The standard InChI is InChI=1S/C14H18N4O3S/c1-9-5-6-22-12(9)7-16(4)13(19)8-17-11(3)14(18(20)21)10(2)15-17/h5-6H,7-8H2,1-4H3. The molecule has 0 saturated heterocycles. The van der Waals surface area contributed by atoms with Crippen molar-refractivity contribution in [3.8, 4) is 0 Å². The summed E-state index contributed by atoms with van der Waals surface area (Å²) < 4.78 is 1.40. The van der Waals surface area contributed by atoms with Crippen molar-refractivity contribution in [2.45, 2.75) is 33.9 Å². The maximum Gasteiger partial charge on any atom is 0.312 e. The second kappa shape index (κ2) is 6.27. The largest absolute Gasteiger partial charge is 0.339 e. The monoisotopic (exact) mass is 322 g/mol. The summed E-state index contributed by atoms with van der Waals surface area (Å²) in [5.74, 6) is -0.131. The van der Waals surface area contributed by atoms with Gasteiger partial charge in [-0.25, -0.2) is 0 Å². The first-order valence-corrected chi connectivity index (χ1v) is 7.64. The summed E-state index contributed by atoms with van der Waals surface area (Å²) in [6.45, 7) is 5.72. The number of aromatic nitrogens is 2. The number of nitro groups is 1. The molecule has 0 aliphatic carbocycles. The molecule has 2 heterocycles. The lowest BCUT2D eigenvalue weighted by atomic mass is 10.3. The number of amides is 1. The molecule has 0 spiro atoms. The highest BCUT2D eigenvalue weighted by Crippen LogP contribution is 2.22. The van der Waals surface area contributed by atoms with Gasteiger partial charge in [0.2, 0.25) is 5.91 Å². The van der Waals surface area contributed by atoms with Gasteiger partial charge in [-0.05, 0) is 37.8 Å². The Kier molecular flexibility index (Phi) is 4.60. The summed E-state index contributed by atoms with van der Waals surface area (Å²) in [6.07, 6.45) is 0. The second-order valence-corrected chi connectivity index (χ2v) is 6.21. The fourth-order valence-electron chi connectivity index (χ4n) is 2.22. The molecule has 0 saturated carbocycles. The summed E-state index contributed by atoms with van der Waals surface area (Å²) in [5, 5.41) is 17.1. The second-order valence-electron chi connectivity index (χ2n) is 5.21. The van der Waals surface area contributed by atoms with Gasteiger partial charge in [0.1, 0.15) is 17.9 Å². The quantitative estimate of drug-likeness (QED) is 0.625. The summed E-state index contributed by atoms with van der Waals surface area (Å²) in [5.41, 5.74) is 1.86. The molecule has 0 aliphatic heterocycles. The molecule has 0 unspecified atom stereocenters. The third-order valence-electron chi connectivity index (χ3n) is 3.59. The highest BCUT2D eigenvalue weighted by molar-refractivity contribution is 7.10. The van der Waals surface area contributed by atoms with Gasteiger partial charge in [0.25, 0.3) is 0 Å². The van der Waals surface area contributed by atoms with Crippen LogP contribution in [-0.4, -0.2) is 32.6 Å². The molecule has 0 fully saturated rings. The molecule has 0 aliphatic rings.